The maximum Gasteiger partial charge on any atom is 0.251 e. The lowest BCUT2D eigenvalue weighted by Crippen LogP contribution is -2.17. The summed E-state index contributed by atoms with van der Waals surface area (Å²) in [5.41, 5.74) is 4.29. The lowest BCUT2D eigenvalue weighted by Gasteiger charge is -2.15. The third-order valence-electron chi connectivity index (χ3n) is 5.89. The molecule has 5 aromatic rings. The lowest BCUT2D eigenvalue weighted by molar-refractivity contribution is 0.487. The Morgan fingerprint density at radius 3 is 2.38 bits per heavy atom. The van der Waals surface area contributed by atoms with Crippen molar-refractivity contribution in [2.24, 2.45) is 7.05 Å². The van der Waals surface area contributed by atoms with Crippen molar-refractivity contribution in [3.8, 4) is 5.75 Å². The second kappa shape index (κ2) is 6.21. The van der Waals surface area contributed by atoms with Crippen LogP contribution in [0, 0.1) is 13.8 Å². The topological polar surface area (TPSA) is 42.2 Å². The molecule has 5 rings (SSSR count). The molecule has 0 bridgehead atoms. The lowest BCUT2D eigenvalue weighted by atomic mass is 9.94. The summed E-state index contributed by atoms with van der Waals surface area (Å²) >= 11 is 0. The van der Waals surface area contributed by atoms with Crippen LogP contribution in [0.3, 0.4) is 0 Å². The summed E-state index contributed by atoms with van der Waals surface area (Å²) in [5.74, 6) is 0.258. The molecule has 1 N–H and O–H groups in total. The largest absolute Gasteiger partial charge is 0.507 e. The number of benzene rings is 4. The standard InChI is InChI=1S/C26H21NO2/c1-15-8-9-17(16(2)12-15)13-18-10-11-22-25-21(14-23(28)27(22)3)19-6-4-5-7-20(19)26(29)24(18)25/h4-14,29H,1-3H3/b18-13+. The number of phenols is 1. The monoisotopic (exact) mass is 379 g/mol. The van der Waals surface area contributed by atoms with Gasteiger partial charge in [0.1, 0.15) is 5.75 Å². The van der Waals surface area contributed by atoms with Crippen LogP contribution in [0.15, 0.2) is 65.5 Å². The Labute approximate surface area is 168 Å². The van der Waals surface area contributed by atoms with Gasteiger partial charge in [-0.25, -0.2) is 0 Å². The first-order valence-electron chi connectivity index (χ1n) is 9.70. The van der Waals surface area contributed by atoms with E-state index in [2.05, 4.69) is 38.1 Å². The predicted molar refractivity (Wildman–Crippen MR) is 121 cm³/mol. The Kier molecular flexibility index (Phi) is 3.75. The summed E-state index contributed by atoms with van der Waals surface area (Å²) < 4.78 is 1.64. The first kappa shape index (κ1) is 17.5. The number of aromatic hydroxyl groups is 1. The number of aryl methyl sites for hydroxylation is 3. The van der Waals surface area contributed by atoms with Crippen molar-refractivity contribution in [1.29, 1.82) is 0 Å². The van der Waals surface area contributed by atoms with Crippen molar-refractivity contribution in [1.82, 2.24) is 4.57 Å². The molecule has 0 aliphatic rings. The average molecular weight is 379 g/mol. The molecule has 29 heavy (non-hydrogen) atoms. The molecule has 1 heterocycles. The minimum atomic E-state index is -0.0549. The Bertz CT molecular complexity index is 1560. The highest BCUT2D eigenvalue weighted by molar-refractivity contribution is 6.23. The molecule has 4 aromatic carbocycles. The second-order valence-electron chi connectivity index (χ2n) is 7.78. The van der Waals surface area contributed by atoms with Crippen LogP contribution in [-0.4, -0.2) is 9.67 Å². The molecule has 0 fully saturated rings. The zero-order valence-corrected chi connectivity index (χ0v) is 16.7. The van der Waals surface area contributed by atoms with Crippen molar-refractivity contribution >= 4 is 38.5 Å². The highest BCUT2D eigenvalue weighted by Gasteiger charge is 2.16. The molecule has 0 radical (unpaired) electrons. The number of pyridine rings is 1. The highest BCUT2D eigenvalue weighted by atomic mass is 16.3. The van der Waals surface area contributed by atoms with Crippen LogP contribution >= 0.6 is 0 Å². The average Bonchev–Trinajstić information content (AvgIpc) is 2.71. The van der Waals surface area contributed by atoms with Crippen molar-refractivity contribution in [3.05, 3.63) is 92.9 Å². The maximum atomic E-state index is 12.6. The zero-order valence-electron chi connectivity index (χ0n) is 16.7. The van der Waals surface area contributed by atoms with E-state index in [1.807, 2.05) is 36.4 Å². The fraction of sp³-hybridized carbons (Fsp3) is 0.115. The van der Waals surface area contributed by atoms with E-state index < -0.39 is 0 Å². The van der Waals surface area contributed by atoms with Crippen LogP contribution in [0.2, 0.25) is 0 Å². The van der Waals surface area contributed by atoms with Gasteiger partial charge >= 0.3 is 0 Å². The molecule has 0 saturated heterocycles. The smallest absolute Gasteiger partial charge is 0.251 e. The van der Waals surface area contributed by atoms with Gasteiger partial charge in [-0.2, -0.15) is 0 Å². The number of nitrogens with zero attached hydrogens (tertiary/aromatic N) is 1. The Balaban J connectivity index is 2.05. The second-order valence-corrected chi connectivity index (χ2v) is 7.78. The van der Waals surface area contributed by atoms with Crippen molar-refractivity contribution in [3.63, 3.8) is 0 Å². The quantitative estimate of drug-likeness (QED) is 0.338. The van der Waals surface area contributed by atoms with Gasteiger partial charge in [0.05, 0.1) is 5.52 Å². The number of hydrogen-bond acceptors (Lipinski definition) is 2. The first-order valence-corrected chi connectivity index (χ1v) is 9.70. The van der Waals surface area contributed by atoms with Crippen molar-refractivity contribution in [2.45, 2.75) is 13.8 Å². The summed E-state index contributed by atoms with van der Waals surface area (Å²) in [5, 5.41) is 16.4. The Morgan fingerprint density at radius 2 is 1.62 bits per heavy atom. The molecule has 0 spiro atoms. The molecule has 0 atom stereocenters. The minimum absolute atomic E-state index is 0.0549. The van der Waals surface area contributed by atoms with Crippen LogP contribution in [0.5, 0.6) is 5.75 Å². The van der Waals surface area contributed by atoms with Crippen LogP contribution in [0.25, 0.3) is 38.5 Å². The molecule has 142 valence electrons. The summed E-state index contributed by atoms with van der Waals surface area (Å²) in [6.45, 7) is 4.18. The predicted octanol–water partition coefficient (Wildman–Crippen LogP) is 4.72. The molecular weight excluding hydrogens is 358 g/mol. The normalized spacial score (nSPS) is 12.4. The van der Waals surface area contributed by atoms with E-state index in [1.54, 1.807) is 17.7 Å². The summed E-state index contributed by atoms with van der Waals surface area (Å²) in [6, 6.07) is 19.7. The summed E-state index contributed by atoms with van der Waals surface area (Å²) in [7, 11) is 1.77. The zero-order chi connectivity index (χ0) is 20.3. The van der Waals surface area contributed by atoms with Gasteiger partial charge in [-0.1, -0.05) is 54.1 Å². The number of phenolic OH excluding ortho intramolecular Hbond substituents is 1. The third kappa shape index (κ3) is 2.54. The molecule has 3 nitrogen and oxygen atoms in total. The van der Waals surface area contributed by atoms with Gasteiger partial charge in [0.25, 0.3) is 5.56 Å². The number of aromatic nitrogens is 1. The van der Waals surface area contributed by atoms with E-state index >= 15 is 0 Å². The third-order valence-corrected chi connectivity index (χ3v) is 5.89. The molecule has 1 aromatic heterocycles. The fourth-order valence-corrected chi connectivity index (χ4v) is 4.37. The van der Waals surface area contributed by atoms with E-state index in [0.717, 1.165) is 43.2 Å². The van der Waals surface area contributed by atoms with Crippen LogP contribution < -0.4 is 10.8 Å². The number of rotatable bonds is 1. The molecule has 3 heteroatoms. The molecule has 0 saturated carbocycles. The number of fused-ring (bicyclic) bond motifs is 2. The molecule has 0 aliphatic carbocycles. The van der Waals surface area contributed by atoms with Crippen LogP contribution in [-0.2, 0) is 7.05 Å². The SMILES string of the molecule is Cc1ccc(/C=c2\ccc3c4c2c(O)c2ccccc2c4cc(=O)n3C)c(C)c1. The van der Waals surface area contributed by atoms with Gasteiger partial charge in [0.15, 0.2) is 0 Å². The van der Waals surface area contributed by atoms with Gasteiger partial charge in [-0.15, -0.1) is 0 Å². The van der Waals surface area contributed by atoms with Crippen molar-refractivity contribution in [2.75, 3.05) is 0 Å². The molecule has 0 amide bonds. The first-order chi connectivity index (χ1) is 14.0. The van der Waals surface area contributed by atoms with Crippen LogP contribution in [0.4, 0.5) is 0 Å². The minimum Gasteiger partial charge on any atom is -0.507 e. The van der Waals surface area contributed by atoms with E-state index in [4.69, 9.17) is 0 Å². The van der Waals surface area contributed by atoms with Gasteiger partial charge in [0.2, 0.25) is 0 Å². The van der Waals surface area contributed by atoms with E-state index in [1.165, 1.54) is 11.1 Å². The summed E-state index contributed by atoms with van der Waals surface area (Å²) in [4.78, 5) is 12.6. The molecular formula is C26H21NO2. The fourth-order valence-electron chi connectivity index (χ4n) is 4.37. The Morgan fingerprint density at radius 1 is 0.862 bits per heavy atom. The van der Waals surface area contributed by atoms with E-state index in [0.29, 0.717) is 0 Å². The Hall–Kier alpha value is -3.59. The van der Waals surface area contributed by atoms with Gasteiger partial charge in [0, 0.05) is 29.3 Å². The van der Waals surface area contributed by atoms with Crippen molar-refractivity contribution < 1.29 is 5.11 Å². The van der Waals surface area contributed by atoms with E-state index in [9.17, 15) is 9.90 Å². The maximum absolute atomic E-state index is 12.6. The van der Waals surface area contributed by atoms with Crippen LogP contribution in [0.1, 0.15) is 16.7 Å². The molecule has 0 aliphatic heterocycles. The van der Waals surface area contributed by atoms with Gasteiger partial charge in [-0.05, 0) is 53.1 Å². The van der Waals surface area contributed by atoms with Gasteiger partial charge < -0.3 is 9.67 Å². The van der Waals surface area contributed by atoms with Gasteiger partial charge in [-0.3, -0.25) is 4.79 Å². The highest BCUT2D eigenvalue weighted by Crippen LogP contribution is 2.38. The summed E-state index contributed by atoms with van der Waals surface area (Å²) in [6.07, 6.45) is 2.11. The number of hydrogen-bond donors (Lipinski definition) is 1. The molecule has 0 unspecified atom stereocenters. The van der Waals surface area contributed by atoms with E-state index in [-0.39, 0.29) is 11.3 Å².